The zero-order valence-corrected chi connectivity index (χ0v) is 11.0. The molecule has 0 nitrogen and oxygen atoms in total. The Balaban J connectivity index is 2.38. The fraction of sp³-hybridized carbons (Fsp3) is 0.200. The van der Waals surface area contributed by atoms with Crippen molar-refractivity contribution in [2.75, 3.05) is 0 Å². The van der Waals surface area contributed by atoms with Crippen LogP contribution in [0.5, 0.6) is 0 Å². The van der Waals surface area contributed by atoms with Crippen LogP contribution >= 0.6 is 11.6 Å². The fourth-order valence-corrected chi connectivity index (χ4v) is 2.15. The highest BCUT2D eigenvalue weighted by atomic mass is 35.5. The van der Waals surface area contributed by atoms with E-state index in [0.717, 1.165) is 18.1 Å². The van der Waals surface area contributed by atoms with Crippen LogP contribution in [-0.2, 0) is 12.6 Å². The van der Waals surface area contributed by atoms with Crippen LogP contribution in [-0.4, -0.2) is 0 Å². The van der Waals surface area contributed by atoms with Gasteiger partial charge in [-0.1, -0.05) is 48.9 Å². The first-order valence-electron chi connectivity index (χ1n) is 5.88. The van der Waals surface area contributed by atoms with Crippen molar-refractivity contribution in [1.29, 1.82) is 0 Å². The number of benzene rings is 2. The first-order valence-corrected chi connectivity index (χ1v) is 6.25. The Kier molecular flexibility index (Phi) is 3.85. The van der Waals surface area contributed by atoms with Gasteiger partial charge in [0.25, 0.3) is 0 Å². The Morgan fingerprint density at radius 2 is 1.53 bits per heavy atom. The highest BCUT2D eigenvalue weighted by molar-refractivity contribution is 6.31. The lowest BCUT2D eigenvalue weighted by Gasteiger charge is -2.10. The van der Waals surface area contributed by atoms with Gasteiger partial charge >= 0.3 is 6.18 Å². The predicted molar refractivity (Wildman–Crippen MR) is 71.3 cm³/mol. The molecule has 2 aromatic carbocycles. The van der Waals surface area contributed by atoms with Gasteiger partial charge in [0.2, 0.25) is 0 Å². The number of hydrogen-bond acceptors (Lipinski definition) is 0. The second-order valence-electron chi connectivity index (χ2n) is 4.24. The van der Waals surface area contributed by atoms with Gasteiger partial charge in [-0.25, -0.2) is 0 Å². The number of hydrogen-bond donors (Lipinski definition) is 0. The van der Waals surface area contributed by atoms with Crippen molar-refractivity contribution in [1.82, 2.24) is 0 Å². The maximum Gasteiger partial charge on any atom is 0.417 e. The normalized spacial score (nSPS) is 11.6. The van der Waals surface area contributed by atoms with Crippen molar-refractivity contribution in [3.05, 3.63) is 58.6 Å². The summed E-state index contributed by atoms with van der Waals surface area (Å²) in [6.45, 7) is 2.05. The molecule has 0 saturated carbocycles. The van der Waals surface area contributed by atoms with Gasteiger partial charge in [-0.2, -0.15) is 13.2 Å². The van der Waals surface area contributed by atoms with Gasteiger partial charge in [-0.05, 0) is 35.2 Å². The molecule has 0 aromatic heterocycles. The molecule has 100 valence electrons. The van der Waals surface area contributed by atoms with Crippen molar-refractivity contribution >= 4 is 11.6 Å². The number of alkyl halides is 3. The molecule has 2 aromatic rings. The third kappa shape index (κ3) is 3.10. The molecular formula is C15H12ClF3. The van der Waals surface area contributed by atoms with E-state index in [0.29, 0.717) is 5.56 Å². The van der Waals surface area contributed by atoms with Gasteiger partial charge in [0.15, 0.2) is 0 Å². The highest BCUT2D eigenvalue weighted by Gasteiger charge is 2.33. The summed E-state index contributed by atoms with van der Waals surface area (Å²) in [5, 5.41) is -0.274. The molecule has 0 atom stereocenters. The second-order valence-corrected chi connectivity index (χ2v) is 4.65. The van der Waals surface area contributed by atoms with Gasteiger partial charge < -0.3 is 0 Å². The van der Waals surface area contributed by atoms with Crippen LogP contribution in [0, 0.1) is 0 Å². The highest BCUT2D eigenvalue weighted by Crippen LogP contribution is 2.36. The van der Waals surface area contributed by atoms with E-state index in [1.807, 2.05) is 31.2 Å². The largest absolute Gasteiger partial charge is 0.417 e. The van der Waals surface area contributed by atoms with E-state index in [9.17, 15) is 13.2 Å². The summed E-state index contributed by atoms with van der Waals surface area (Å²) in [5.74, 6) is 0. The molecule has 0 amide bonds. The van der Waals surface area contributed by atoms with Crippen molar-refractivity contribution in [2.24, 2.45) is 0 Å². The van der Waals surface area contributed by atoms with E-state index in [-0.39, 0.29) is 5.02 Å². The molecule has 4 heteroatoms. The number of halogens is 4. The summed E-state index contributed by atoms with van der Waals surface area (Å²) in [5.41, 5.74) is 1.92. The summed E-state index contributed by atoms with van der Waals surface area (Å²) < 4.78 is 37.8. The number of rotatable bonds is 2. The van der Waals surface area contributed by atoms with Gasteiger partial charge in [0.05, 0.1) is 10.6 Å². The standard InChI is InChI=1S/C15H12ClF3/c1-2-10-3-5-11(6-4-10)12-7-8-13(14(16)9-12)15(17,18)19/h3-9H,2H2,1H3. The average molecular weight is 285 g/mol. The molecule has 0 saturated heterocycles. The lowest BCUT2D eigenvalue weighted by atomic mass is 10.0. The minimum atomic E-state index is -4.41. The lowest BCUT2D eigenvalue weighted by Crippen LogP contribution is -2.05. The maximum atomic E-state index is 12.6. The van der Waals surface area contributed by atoms with Crippen LogP contribution in [0.15, 0.2) is 42.5 Å². The predicted octanol–water partition coefficient (Wildman–Crippen LogP) is 5.59. The summed E-state index contributed by atoms with van der Waals surface area (Å²) in [4.78, 5) is 0. The van der Waals surface area contributed by atoms with E-state index < -0.39 is 11.7 Å². The maximum absolute atomic E-state index is 12.6. The molecule has 19 heavy (non-hydrogen) atoms. The monoisotopic (exact) mass is 284 g/mol. The van der Waals surface area contributed by atoms with Crippen LogP contribution in [0.25, 0.3) is 11.1 Å². The Labute approximate surface area is 114 Å². The Morgan fingerprint density at radius 3 is 2.00 bits per heavy atom. The summed E-state index contributed by atoms with van der Waals surface area (Å²) >= 11 is 5.70. The second kappa shape index (κ2) is 5.25. The smallest absolute Gasteiger partial charge is 0.166 e. The molecule has 0 aliphatic carbocycles. The quantitative estimate of drug-likeness (QED) is 0.674. The van der Waals surface area contributed by atoms with Crippen LogP contribution in [0.2, 0.25) is 5.02 Å². The van der Waals surface area contributed by atoms with Crippen LogP contribution in [0.4, 0.5) is 13.2 Å². The molecule has 0 fully saturated rings. The van der Waals surface area contributed by atoms with Crippen molar-refractivity contribution < 1.29 is 13.2 Å². The Bertz CT molecular complexity index is 571. The van der Waals surface area contributed by atoms with E-state index in [2.05, 4.69) is 0 Å². The van der Waals surface area contributed by atoms with E-state index >= 15 is 0 Å². The third-order valence-electron chi connectivity index (χ3n) is 2.97. The van der Waals surface area contributed by atoms with Crippen molar-refractivity contribution in [2.45, 2.75) is 19.5 Å². The van der Waals surface area contributed by atoms with Crippen molar-refractivity contribution in [3.8, 4) is 11.1 Å². The summed E-state index contributed by atoms with van der Waals surface area (Å²) in [6.07, 6.45) is -3.49. The molecular weight excluding hydrogens is 273 g/mol. The fourth-order valence-electron chi connectivity index (χ4n) is 1.86. The molecule has 0 unspecified atom stereocenters. The van der Waals surface area contributed by atoms with Crippen molar-refractivity contribution in [3.63, 3.8) is 0 Å². The molecule has 0 heterocycles. The third-order valence-corrected chi connectivity index (χ3v) is 3.28. The molecule has 0 aliphatic heterocycles. The minimum absolute atomic E-state index is 0.274. The van der Waals surface area contributed by atoms with Gasteiger partial charge in [0.1, 0.15) is 0 Å². The SMILES string of the molecule is CCc1ccc(-c2ccc(C(F)(F)F)c(Cl)c2)cc1. The van der Waals surface area contributed by atoms with Gasteiger partial charge in [-0.15, -0.1) is 0 Å². The first kappa shape index (κ1) is 13.9. The summed E-state index contributed by atoms with van der Waals surface area (Å²) in [7, 11) is 0. The number of aryl methyl sites for hydroxylation is 1. The lowest BCUT2D eigenvalue weighted by molar-refractivity contribution is -0.137. The van der Waals surface area contributed by atoms with Crippen LogP contribution in [0.3, 0.4) is 0 Å². The zero-order valence-electron chi connectivity index (χ0n) is 10.3. The molecule has 0 aliphatic rings. The van der Waals surface area contributed by atoms with E-state index in [4.69, 9.17) is 11.6 Å². The first-order chi connectivity index (χ1) is 8.91. The Hall–Kier alpha value is -1.48. The van der Waals surface area contributed by atoms with Crippen LogP contribution < -0.4 is 0 Å². The van der Waals surface area contributed by atoms with E-state index in [1.165, 1.54) is 17.7 Å². The van der Waals surface area contributed by atoms with Gasteiger partial charge in [0, 0.05) is 0 Å². The Morgan fingerprint density at radius 1 is 0.947 bits per heavy atom. The van der Waals surface area contributed by atoms with Gasteiger partial charge in [-0.3, -0.25) is 0 Å². The molecule has 0 bridgehead atoms. The van der Waals surface area contributed by atoms with Crippen LogP contribution in [0.1, 0.15) is 18.1 Å². The molecule has 0 N–H and O–H groups in total. The summed E-state index contributed by atoms with van der Waals surface area (Å²) in [6, 6.07) is 11.5. The minimum Gasteiger partial charge on any atom is -0.166 e. The average Bonchev–Trinajstić information content (AvgIpc) is 2.37. The molecule has 0 spiro atoms. The van der Waals surface area contributed by atoms with E-state index in [1.54, 1.807) is 0 Å². The molecule has 0 radical (unpaired) electrons. The topological polar surface area (TPSA) is 0 Å². The molecule has 2 rings (SSSR count). The zero-order chi connectivity index (χ0) is 14.0.